The van der Waals surface area contributed by atoms with E-state index >= 15 is 0 Å². The van der Waals surface area contributed by atoms with Crippen LogP contribution in [0.25, 0.3) is 11.1 Å². The Bertz CT molecular complexity index is 1450. The molecule has 0 radical (unpaired) electrons. The van der Waals surface area contributed by atoms with Gasteiger partial charge in [0.25, 0.3) is 10.2 Å². The van der Waals surface area contributed by atoms with Crippen LogP contribution in [0.1, 0.15) is 41.9 Å². The standard InChI is InChI=1S/C30H39N5O4S/c1-22-9-10-26(28(17-22)34-11-4-3-5-12-34)27-18-23(2)39-29(27)21-32-40(37,38)35-15-13-33(14-16-35)25-8-6-7-24(19-25)20-30(31)36/h6-10,17-19,32H,3-5,11-16,20-21H2,1-2H3,(H2,31,36). The fourth-order valence-corrected chi connectivity index (χ4v) is 6.83. The maximum atomic E-state index is 13.3. The number of nitrogens with one attached hydrogen (secondary N) is 1. The smallest absolute Gasteiger partial charge is 0.279 e. The van der Waals surface area contributed by atoms with Gasteiger partial charge in [0.1, 0.15) is 11.5 Å². The van der Waals surface area contributed by atoms with E-state index in [1.165, 1.54) is 34.8 Å². The quantitative estimate of drug-likeness (QED) is 0.409. The SMILES string of the molecule is Cc1ccc(-c2cc(C)oc2CNS(=O)(=O)N2CCN(c3cccc(CC(N)=O)c3)CC2)c(N2CCCCC2)c1. The monoisotopic (exact) mass is 565 g/mol. The lowest BCUT2D eigenvalue weighted by Crippen LogP contribution is -2.52. The van der Waals surface area contributed by atoms with E-state index in [4.69, 9.17) is 10.2 Å². The van der Waals surface area contributed by atoms with Gasteiger partial charge < -0.3 is 20.0 Å². The van der Waals surface area contributed by atoms with Crippen molar-refractivity contribution in [1.82, 2.24) is 9.03 Å². The largest absolute Gasteiger partial charge is 0.464 e. The van der Waals surface area contributed by atoms with E-state index < -0.39 is 10.2 Å². The normalized spacial score (nSPS) is 16.9. The van der Waals surface area contributed by atoms with Crippen molar-refractivity contribution in [1.29, 1.82) is 0 Å². The van der Waals surface area contributed by atoms with Crippen molar-refractivity contribution in [3.05, 3.63) is 71.2 Å². The molecule has 5 rings (SSSR count). The minimum absolute atomic E-state index is 0.0776. The highest BCUT2D eigenvalue weighted by atomic mass is 32.2. The zero-order chi connectivity index (χ0) is 28.3. The van der Waals surface area contributed by atoms with E-state index in [1.54, 1.807) is 0 Å². The zero-order valence-corrected chi connectivity index (χ0v) is 24.2. The molecule has 2 aliphatic rings. The molecule has 9 nitrogen and oxygen atoms in total. The first-order valence-electron chi connectivity index (χ1n) is 14.0. The van der Waals surface area contributed by atoms with Crippen LogP contribution in [-0.4, -0.2) is 57.9 Å². The summed E-state index contributed by atoms with van der Waals surface area (Å²) in [5, 5.41) is 0. The number of piperazine rings is 1. The molecule has 0 bridgehead atoms. The van der Waals surface area contributed by atoms with Crippen LogP contribution < -0.4 is 20.3 Å². The van der Waals surface area contributed by atoms with E-state index in [0.29, 0.717) is 31.9 Å². The first-order chi connectivity index (χ1) is 19.2. The molecule has 40 heavy (non-hydrogen) atoms. The highest BCUT2D eigenvalue weighted by Crippen LogP contribution is 2.37. The van der Waals surface area contributed by atoms with Gasteiger partial charge in [0.2, 0.25) is 5.91 Å². The van der Waals surface area contributed by atoms with E-state index in [-0.39, 0.29) is 18.9 Å². The van der Waals surface area contributed by atoms with Crippen LogP contribution in [0, 0.1) is 13.8 Å². The Hall–Kier alpha value is -3.34. The summed E-state index contributed by atoms with van der Waals surface area (Å²) in [5.74, 6) is 0.994. The number of anilines is 2. The van der Waals surface area contributed by atoms with Gasteiger partial charge in [-0.25, -0.2) is 0 Å². The number of nitrogens with zero attached hydrogens (tertiary/aromatic N) is 3. The summed E-state index contributed by atoms with van der Waals surface area (Å²) in [7, 11) is -3.71. The summed E-state index contributed by atoms with van der Waals surface area (Å²) in [6.45, 7) is 7.94. The fraction of sp³-hybridized carbons (Fsp3) is 0.433. The molecule has 10 heteroatoms. The molecule has 0 spiro atoms. The Balaban J connectivity index is 1.27. The van der Waals surface area contributed by atoms with E-state index in [1.807, 2.05) is 37.3 Å². The molecule has 3 N–H and O–H groups in total. The number of benzene rings is 2. The third kappa shape index (κ3) is 6.51. The summed E-state index contributed by atoms with van der Waals surface area (Å²) >= 11 is 0. The van der Waals surface area contributed by atoms with Crippen LogP contribution in [0.15, 0.2) is 52.9 Å². The first-order valence-corrected chi connectivity index (χ1v) is 15.5. The van der Waals surface area contributed by atoms with E-state index in [9.17, 15) is 13.2 Å². The molecule has 2 saturated heterocycles. The molecule has 3 aromatic rings. The van der Waals surface area contributed by atoms with Gasteiger partial charge in [0.15, 0.2) is 0 Å². The lowest BCUT2D eigenvalue weighted by molar-refractivity contribution is -0.117. The maximum Gasteiger partial charge on any atom is 0.279 e. The number of hydrogen-bond donors (Lipinski definition) is 2. The van der Waals surface area contributed by atoms with Crippen LogP contribution in [0.2, 0.25) is 0 Å². The predicted octanol–water partition coefficient (Wildman–Crippen LogP) is 3.74. The predicted molar refractivity (Wildman–Crippen MR) is 159 cm³/mol. The number of nitrogens with two attached hydrogens (primary N) is 1. The molecule has 0 aliphatic carbocycles. The van der Waals surface area contributed by atoms with Crippen LogP contribution in [0.3, 0.4) is 0 Å². The van der Waals surface area contributed by atoms with Crippen LogP contribution >= 0.6 is 0 Å². The van der Waals surface area contributed by atoms with Crippen LogP contribution in [0.5, 0.6) is 0 Å². The summed E-state index contributed by atoms with van der Waals surface area (Å²) in [6, 6.07) is 16.1. The second-order valence-electron chi connectivity index (χ2n) is 10.8. The molecule has 2 fully saturated rings. The highest BCUT2D eigenvalue weighted by Gasteiger charge is 2.28. The number of furan rings is 1. The highest BCUT2D eigenvalue weighted by molar-refractivity contribution is 7.87. The van der Waals surface area contributed by atoms with Crippen LogP contribution in [0.4, 0.5) is 11.4 Å². The zero-order valence-electron chi connectivity index (χ0n) is 23.4. The molecule has 0 atom stereocenters. The Labute approximate surface area is 237 Å². The number of amides is 1. The number of rotatable bonds is 9. The molecule has 1 amide bonds. The molecule has 3 heterocycles. The summed E-state index contributed by atoms with van der Waals surface area (Å²) in [4.78, 5) is 15.9. The first kappa shape index (κ1) is 28.2. The fourth-order valence-electron chi connectivity index (χ4n) is 5.69. The van der Waals surface area contributed by atoms with Crippen LogP contribution in [-0.2, 0) is 28.0 Å². The van der Waals surface area contributed by atoms with Crippen molar-refractivity contribution in [2.24, 2.45) is 5.73 Å². The third-order valence-electron chi connectivity index (χ3n) is 7.72. The summed E-state index contributed by atoms with van der Waals surface area (Å²) in [6.07, 6.45) is 3.79. The van der Waals surface area contributed by atoms with Crippen molar-refractivity contribution in [3.63, 3.8) is 0 Å². The van der Waals surface area contributed by atoms with Crippen molar-refractivity contribution >= 4 is 27.5 Å². The number of piperidine rings is 1. The topological polar surface area (TPSA) is 112 Å². The van der Waals surface area contributed by atoms with Gasteiger partial charge in [-0.1, -0.05) is 24.3 Å². The molecular weight excluding hydrogens is 526 g/mol. The molecule has 0 unspecified atom stereocenters. The number of carbonyl (C=O) groups is 1. The van der Waals surface area contributed by atoms with Gasteiger partial charge in [-0.15, -0.1) is 0 Å². The third-order valence-corrected chi connectivity index (χ3v) is 9.27. The summed E-state index contributed by atoms with van der Waals surface area (Å²) < 4.78 is 36.9. The molecule has 0 saturated carbocycles. The summed E-state index contributed by atoms with van der Waals surface area (Å²) in [5.41, 5.74) is 11.5. The van der Waals surface area contributed by atoms with Crippen molar-refractivity contribution in [2.45, 2.75) is 46.1 Å². The Morgan fingerprint density at radius 2 is 1.65 bits per heavy atom. The Morgan fingerprint density at radius 1 is 0.900 bits per heavy atom. The average Bonchev–Trinajstić information content (AvgIpc) is 3.32. The Kier molecular flexibility index (Phi) is 8.48. The average molecular weight is 566 g/mol. The Morgan fingerprint density at radius 3 is 2.38 bits per heavy atom. The molecule has 2 aliphatic heterocycles. The minimum Gasteiger partial charge on any atom is -0.464 e. The molecule has 1 aromatic heterocycles. The molecular formula is C30H39N5O4S. The van der Waals surface area contributed by atoms with Crippen molar-refractivity contribution < 1.29 is 17.6 Å². The number of primary amides is 1. The second kappa shape index (κ2) is 12.0. The molecule has 2 aromatic carbocycles. The van der Waals surface area contributed by atoms with E-state index in [0.717, 1.165) is 41.2 Å². The molecule has 214 valence electrons. The van der Waals surface area contributed by atoms with E-state index in [2.05, 4.69) is 39.6 Å². The van der Waals surface area contributed by atoms with Gasteiger partial charge in [-0.2, -0.15) is 17.4 Å². The number of aryl methyl sites for hydroxylation is 2. The number of hydrogen-bond acceptors (Lipinski definition) is 6. The van der Waals surface area contributed by atoms with Crippen molar-refractivity contribution in [2.75, 3.05) is 49.1 Å². The maximum absolute atomic E-state index is 13.3. The minimum atomic E-state index is -3.71. The number of carbonyl (C=O) groups excluding carboxylic acids is 1. The van der Waals surface area contributed by atoms with Gasteiger partial charge in [-0.05, 0) is 68.5 Å². The lowest BCUT2D eigenvalue weighted by Gasteiger charge is -2.35. The van der Waals surface area contributed by atoms with Gasteiger partial charge in [-0.3, -0.25) is 4.79 Å². The van der Waals surface area contributed by atoms with Gasteiger partial charge in [0, 0.05) is 61.8 Å². The van der Waals surface area contributed by atoms with Gasteiger partial charge >= 0.3 is 0 Å². The van der Waals surface area contributed by atoms with Crippen molar-refractivity contribution in [3.8, 4) is 11.1 Å². The van der Waals surface area contributed by atoms with Gasteiger partial charge in [0.05, 0.1) is 13.0 Å². The lowest BCUT2D eigenvalue weighted by atomic mass is 9.99. The second-order valence-corrected chi connectivity index (χ2v) is 12.5.